The van der Waals surface area contributed by atoms with Crippen LogP contribution in [0.1, 0.15) is 19.4 Å². The summed E-state index contributed by atoms with van der Waals surface area (Å²) in [5.74, 6) is 0. The molecular formula is C12H17F3N2O2S. The van der Waals surface area contributed by atoms with Crippen molar-refractivity contribution in [3.8, 4) is 0 Å². The monoisotopic (exact) mass is 310 g/mol. The highest BCUT2D eigenvalue weighted by Gasteiger charge is 2.39. The molecule has 0 bridgehead atoms. The zero-order valence-corrected chi connectivity index (χ0v) is 12.0. The number of nitrogens with two attached hydrogens (primary N) is 1. The second-order valence-electron chi connectivity index (χ2n) is 4.49. The van der Waals surface area contributed by atoms with Gasteiger partial charge in [0.15, 0.2) is 0 Å². The highest BCUT2D eigenvalue weighted by atomic mass is 32.2. The van der Waals surface area contributed by atoms with Gasteiger partial charge in [-0.3, -0.25) is 0 Å². The SMILES string of the molecule is CC(C)N(CCN)S(=O)(=O)c1ccccc1C(F)(F)F. The molecule has 0 radical (unpaired) electrons. The lowest BCUT2D eigenvalue weighted by atomic mass is 10.2. The van der Waals surface area contributed by atoms with Gasteiger partial charge in [-0.2, -0.15) is 17.5 Å². The van der Waals surface area contributed by atoms with Gasteiger partial charge >= 0.3 is 6.18 Å². The molecule has 0 heterocycles. The predicted molar refractivity (Wildman–Crippen MR) is 69.5 cm³/mol. The van der Waals surface area contributed by atoms with Crippen molar-refractivity contribution in [1.29, 1.82) is 0 Å². The number of hydrogen-bond acceptors (Lipinski definition) is 3. The van der Waals surface area contributed by atoms with E-state index in [0.29, 0.717) is 0 Å². The van der Waals surface area contributed by atoms with Crippen molar-refractivity contribution in [3.63, 3.8) is 0 Å². The van der Waals surface area contributed by atoms with E-state index in [1.165, 1.54) is 6.07 Å². The molecule has 0 aliphatic carbocycles. The molecule has 0 aliphatic heterocycles. The van der Waals surface area contributed by atoms with Crippen molar-refractivity contribution in [2.24, 2.45) is 5.73 Å². The topological polar surface area (TPSA) is 63.4 Å². The Kier molecular flexibility index (Phi) is 5.17. The molecule has 20 heavy (non-hydrogen) atoms. The first kappa shape index (κ1) is 16.9. The molecule has 0 aliphatic rings. The van der Waals surface area contributed by atoms with Crippen LogP contribution in [0.25, 0.3) is 0 Å². The molecule has 0 unspecified atom stereocenters. The normalized spacial score (nSPS) is 13.2. The minimum Gasteiger partial charge on any atom is -0.329 e. The fourth-order valence-electron chi connectivity index (χ4n) is 1.84. The summed E-state index contributed by atoms with van der Waals surface area (Å²) in [6.45, 7) is 3.17. The Labute approximate surface area is 116 Å². The Hall–Kier alpha value is -1.12. The first-order valence-corrected chi connectivity index (χ1v) is 7.44. The summed E-state index contributed by atoms with van der Waals surface area (Å²) in [6, 6.07) is 3.66. The van der Waals surface area contributed by atoms with E-state index in [9.17, 15) is 21.6 Å². The van der Waals surface area contributed by atoms with Crippen molar-refractivity contribution in [1.82, 2.24) is 4.31 Å². The maximum Gasteiger partial charge on any atom is 0.417 e. The Morgan fingerprint density at radius 2 is 1.80 bits per heavy atom. The fraction of sp³-hybridized carbons (Fsp3) is 0.500. The van der Waals surface area contributed by atoms with Crippen molar-refractivity contribution >= 4 is 10.0 Å². The van der Waals surface area contributed by atoms with Gasteiger partial charge in [-0.15, -0.1) is 0 Å². The van der Waals surface area contributed by atoms with E-state index < -0.39 is 32.7 Å². The van der Waals surface area contributed by atoms with Crippen LogP contribution in [0.3, 0.4) is 0 Å². The lowest BCUT2D eigenvalue weighted by Gasteiger charge is -2.26. The van der Waals surface area contributed by atoms with Gasteiger partial charge in [-0.25, -0.2) is 8.42 Å². The molecule has 114 valence electrons. The number of sulfonamides is 1. The van der Waals surface area contributed by atoms with Crippen LogP contribution in [0.5, 0.6) is 0 Å². The van der Waals surface area contributed by atoms with E-state index in [4.69, 9.17) is 5.73 Å². The van der Waals surface area contributed by atoms with E-state index >= 15 is 0 Å². The lowest BCUT2D eigenvalue weighted by Crippen LogP contribution is -2.41. The molecule has 1 rings (SSSR count). The van der Waals surface area contributed by atoms with Crippen LogP contribution in [0.15, 0.2) is 29.2 Å². The fourth-order valence-corrected chi connectivity index (χ4v) is 3.70. The minimum atomic E-state index is -4.73. The molecular weight excluding hydrogens is 293 g/mol. The van der Waals surface area contributed by atoms with E-state index in [0.717, 1.165) is 22.5 Å². The van der Waals surface area contributed by atoms with Crippen molar-refractivity contribution in [2.75, 3.05) is 13.1 Å². The highest BCUT2D eigenvalue weighted by molar-refractivity contribution is 7.89. The number of benzene rings is 1. The van der Waals surface area contributed by atoms with Crippen molar-refractivity contribution in [2.45, 2.75) is 31.0 Å². The predicted octanol–water partition coefficient (Wildman–Crippen LogP) is 2.06. The van der Waals surface area contributed by atoms with Crippen molar-refractivity contribution in [3.05, 3.63) is 29.8 Å². The van der Waals surface area contributed by atoms with E-state index in [2.05, 4.69) is 0 Å². The molecule has 1 aromatic carbocycles. The van der Waals surface area contributed by atoms with Crippen LogP contribution < -0.4 is 5.73 Å². The third kappa shape index (κ3) is 3.50. The van der Waals surface area contributed by atoms with Gasteiger partial charge in [0.2, 0.25) is 10.0 Å². The van der Waals surface area contributed by atoms with Crippen LogP contribution in [-0.2, 0) is 16.2 Å². The standard InChI is InChI=1S/C12H17F3N2O2S/c1-9(2)17(8-7-16)20(18,19)11-6-4-3-5-10(11)12(13,14)15/h3-6,9H,7-8,16H2,1-2H3. The molecule has 0 fully saturated rings. The van der Waals surface area contributed by atoms with Gasteiger partial charge in [0, 0.05) is 19.1 Å². The lowest BCUT2D eigenvalue weighted by molar-refractivity contribution is -0.139. The second kappa shape index (κ2) is 6.11. The average Bonchev–Trinajstić information content (AvgIpc) is 2.34. The first-order chi connectivity index (χ1) is 9.12. The van der Waals surface area contributed by atoms with Crippen LogP contribution >= 0.6 is 0 Å². The Morgan fingerprint density at radius 1 is 1.25 bits per heavy atom. The van der Waals surface area contributed by atoms with Gasteiger partial charge in [0.05, 0.1) is 10.5 Å². The molecule has 2 N–H and O–H groups in total. The Bertz CT molecular complexity index is 556. The van der Waals surface area contributed by atoms with Crippen LogP contribution in [0.4, 0.5) is 13.2 Å². The first-order valence-electron chi connectivity index (χ1n) is 6.00. The number of alkyl halides is 3. The van der Waals surface area contributed by atoms with Crippen molar-refractivity contribution < 1.29 is 21.6 Å². The maximum absolute atomic E-state index is 12.9. The Morgan fingerprint density at radius 3 is 2.25 bits per heavy atom. The summed E-state index contributed by atoms with van der Waals surface area (Å²) in [5, 5.41) is 0. The maximum atomic E-state index is 12.9. The molecule has 0 aromatic heterocycles. The average molecular weight is 310 g/mol. The third-order valence-corrected chi connectivity index (χ3v) is 4.84. The second-order valence-corrected chi connectivity index (χ2v) is 6.35. The quantitative estimate of drug-likeness (QED) is 0.905. The summed E-state index contributed by atoms with van der Waals surface area (Å²) in [5.41, 5.74) is 4.17. The third-order valence-electron chi connectivity index (χ3n) is 2.70. The number of nitrogens with zero attached hydrogens (tertiary/aromatic N) is 1. The molecule has 0 atom stereocenters. The van der Waals surface area contributed by atoms with Crippen LogP contribution in [0, 0.1) is 0 Å². The minimum absolute atomic E-state index is 0.0333. The molecule has 4 nitrogen and oxygen atoms in total. The van der Waals surface area contributed by atoms with E-state index in [1.807, 2.05) is 0 Å². The van der Waals surface area contributed by atoms with Gasteiger partial charge in [-0.05, 0) is 26.0 Å². The van der Waals surface area contributed by atoms with Gasteiger partial charge in [-0.1, -0.05) is 12.1 Å². The zero-order valence-electron chi connectivity index (χ0n) is 11.2. The summed E-state index contributed by atoms with van der Waals surface area (Å²) < 4.78 is 64.5. The molecule has 0 amide bonds. The summed E-state index contributed by atoms with van der Waals surface area (Å²) in [6.07, 6.45) is -4.73. The van der Waals surface area contributed by atoms with E-state index in [-0.39, 0.29) is 13.1 Å². The largest absolute Gasteiger partial charge is 0.417 e. The van der Waals surface area contributed by atoms with Gasteiger partial charge < -0.3 is 5.73 Å². The van der Waals surface area contributed by atoms with Crippen LogP contribution in [-0.4, -0.2) is 31.9 Å². The molecule has 1 aromatic rings. The van der Waals surface area contributed by atoms with E-state index in [1.54, 1.807) is 13.8 Å². The highest BCUT2D eigenvalue weighted by Crippen LogP contribution is 2.35. The molecule has 0 saturated heterocycles. The Balaban J connectivity index is 3.42. The summed E-state index contributed by atoms with van der Waals surface area (Å²) in [7, 11) is -4.24. The molecule has 8 heteroatoms. The molecule has 0 spiro atoms. The van der Waals surface area contributed by atoms with Gasteiger partial charge in [0.25, 0.3) is 0 Å². The number of halogens is 3. The zero-order chi connectivity index (χ0) is 15.6. The smallest absolute Gasteiger partial charge is 0.329 e. The molecule has 0 saturated carbocycles. The summed E-state index contributed by atoms with van der Waals surface area (Å²) >= 11 is 0. The number of hydrogen-bond donors (Lipinski definition) is 1. The number of rotatable bonds is 5. The summed E-state index contributed by atoms with van der Waals surface area (Å²) in [4.78, 5) is -0.741. The van der Waals surface area contributed by atoms with Crippen LogP contribution in [0.2, 0.25) is 0 Å². The van der Waals surface area contributed by atoms with Gasteiger partial charge in [0.1, 0.15) is 0 Å².